The van der Waals surface area contributed by atoms with Gasteiger partial charge in [0.25, 0.3) is 11.7 Å². The van der Waals surface area contributed by atoms with Crippen LogP contribution in [-0.2, 0) is 9.59 Å². The quantitative estimate of drug-likeness (QED) is 0.432. The Balaban J connectivity index is 1.76. The number of carbonyl (C=O) groups excluding carboxylic acids is 2. The molecule has 2 aliphatic heterocycles. The van der Waals surface area contributed by atoms with Crippen molar-refractivity contribution in [2.24, 2.45) is 0 Å². The molecular weight excluding hydrogens is 398 g/mol. The monoisotopic (exact) mass is 425 g/mol. The highest BCUT2D eigenvalue weighted by Gasteiger charge is 2.47. The van der Waals surface area contributed by atoms with Crippen molar-refractivity contribution in [3.8, 4) is 5.75 Å². The molecule has 3 heterocycles. The summed E-state index contributed by atoms with van der Waals surface area (Å²) in [6, 6.07) is 7.92. The largest absolute Gasteiger partial charge is 0.507 e. The van der Waals surface area contributed by atoms with Gasteiger partial charge in [0.1, 0.15) is 29.9 Å². The number of amides is 1. The Kier molecular flexibility index (Phi) is 5.73. The number of nitrogens with zero attached hydrogens (tertiary/aromatic N) is 3. The molecule has 1 N–H and O–H groups in total. The highest BCUT2D eigenvalue weighted by atomic mass is 16.5. The Morgan fingerprint density at radius 1 is 1.26 bits per heavy atom. The van der Waals surface area contributed by atoms with E-state index < -0.39 is 17.7 Å². The second kappa shape index (κ2) is 8.47. The zero-order valence-electron chi connectivity index (χ0n) is 18.0. The summed E-state index contributed by atoms with van der Waals surface area (Å²) in [5, 5.41) is 11.2. The number of furan rings is 1. The molecule has 0 radical (unpaired) electrons. The van der Waals surface area contributed by atoms with Crippen LogP contribution in [0.15, 0.2) is 46.6 Å². The fourth-order valence-corrected chi connectivity index (χ4v) is 4.06. The van der Waals surface area contributed by atoms with E-state index in [1.165, 1.54) is 11.2 Å². The molecule has 1 amide bonds. The van der Waals surface area contributed by atoms with Crippen molar-refractivity contribution in [2.45, 2.75) is 12.5 Å². The maximum Gasteiger partial charge on any atom is 0.295 e. The predicted molar refractivity (Wildman–Crippen MR) is 116 cm³/mol. The third-order valence-electron chi connectivity index (χ3n) is 5.68. The van der Waals surface area contributed by atoms with E-state index in [4.69, 9.17) is 9.15 Å². The van der Waals surface area contributed by atoms with E-state index in [2.05, 4.69) is 0 Å². The molecule has 1 aromatic carbocycles. The van der Waals surface area contributed by atoms with Gasteiger partial charge in [0.05, 0.1) is 24.1 Å². The first-order valence-corrected chi connectivity index (χ1v) is 10.3. The molecule has 0 spiro atoms. The molecule has 8 nitrogen and oxygen atoms in total. The topological polar surface area (TPSA) is 86.5 Å². The van der Waals surface area contributed by atoms with Crippen molar-refractivity contribution in [3.05, 3.63) is 53.5 Å². The van der Waals surface area contributed by atoms with E-state index in [0.717, 1.165) is 24.5 Å². The van der Waals surface area contributed by atoms with Gasteiger partial charge in [-0.3, -0.25) is 9.59 Å². The van der Waals surface area contributed by atoms with E-state index in [-0.39, 0.29) is 11.3 Å². The molecule has 0 bridgehead atoms. The zero-order chi connectivity index (χ0) is 22.1. The summed E-state index contributed by atoms with van der Waals surface area (Å²) in [5.41, 5.74) is 1.33. The Morgan fingerprint density at radius 3 is 2.77 bits per heavy atom. The minimum absolute atomic E-state index is 0.0455. The van der Waals surface area contributed by atoms with Crippen LogP contribution in [0.2, 0.25) is 0 Å². The minimum Gasteiger partial charge on any atom is -0.507 e. The van der Waals surface area contributed by atoms with Gasteiger partial charge in [0, 0.05) is 19.2 Å². The zero-order valence-corrected chi connectivity index (χ0v) is 18.0. The Labute approximate surface area is 181 Å². The molecule has 1 atom stereocenters. The minimum atomic E-state index is -0.762. The fourth-order valence-electron chi connectivity index (χ4n) is 4.06. The lowest BCUT2D eigenvalue weighted by atomic mass is 9.98. The number of anilines is 1. The average Bonchev–Trinajstić information content (AvgIpc) is 3.36. The first kappa shape index (κ1) is 21.0. The van der Waals surface area contributed by atoms with Crippen molar-refractivity contribution in [1.82, 2.24) is 9.80 Å². The molecule has 0 aliphatic carbocycles. The van der Waals surface area contributed by atoms with Crippen LogP contribution in [0.25, 0.3) is 5.76 Å². The van der Waals surface area contributed by atoms with Gasteiger partial charge >= 0.3 is 0 Å². The normalized spacial score (nSPS) is 20.3. The number of benzene rings is 1. The molecule has 1 aromatic heterocycles. The second-order valence-electron chi connectivity index (χ2n) is 8.12. The molecule has 0 saturated carbocycles. The first-order valence-electron chi connectivity index (χ1n) is 10.3. The van der Waals surface area contributed by atoms with Crippen LogP contribution < -0.4 is 9.64 Å². The summed E-state index contributed by atoms with van der Waals surface area (Å²) < 4.78 is 11.2. The number of aliphatic hydroxyl groups excluding tert-OH is 1. The van der Waals surface area contributed by atoms with Crippen LogP contribution in [0.3, 0.4) is 0 Å². The number of Topliss-reactive ketones (excluding diaryl/α,β-unsaturated/α-hetero) is 1. The molecule has 31 heavy (non-hydrogen) atoms. The van der Waals surface area contributed by atoms with Crippen LogP contribution in [0, 0.1) is 0 Å². The van der Waals surface area contributed by atoms with Gasteiger partial charge in [0.15, 0.2) is 0 Å². The molecule has 1 unspecified atom stereocenters. The van der Waals surface area contributed by atoms with Crippen LogP contribution >= 0.6 is 0 Å². The SMILES string of the molecule is CN(C)CCCN1C(=O)C(=O)/C(=C(\O)c2ccc3c(c2)N(C)CCO3)C1c1ccco1. The summed E-state index contributed by atoms with van der Waals surface area (Å²) in [6.45, 7) is 2.46. The lowest BCUT2D eigenvalue weighted by Crippen LogP contribution is -2.32. The summed E-state index contributed by atoms with van der Waals surface area (Å²) in [4.78, 5) is 31.4. The van der Waals surface area contributed by atoms with Crippen LogP contribution in [0.1, 0.15) is 23.8 Å². The van der Waals surface area contributed by atoms with Crippen LogP contribution in [-0.4, -0.2) is 74.0 Å². The number of ketones is 1. The average molecular weight is 425 g/mol. The third kappa shape index (κ3) is 3.90. The van der Waals surface area contributed by atoms with Crippen molar-refractivity contribution in [1.29, 1.82) is 0 Å². The molecule has 2 aromatic rings. The number of fused-ring (bicyclic) bond motifs is 1. The molecule has 2 aliphatic rings. The standard InChI is InChI=1S/C23H27N3O5/c1-24(2)9-5-10-26-20(18-6-4-12-30-18)19(22(28)23(26)29)21(27)15-7-8-17-16(14-15)25(3)11-13-31-17/h4,6-8,12,14,20,27H,5,9-11,13H2,1-3H3/b21-19-. The van der Waals surface area contributed by atoms with Crippen molar-refractivity contribution >= 4 is 23.1 Å². The van der Waals surface area contributed by atoms with Crippen LogP contribution in [0.4, 0.5) is 5.69 Å². The van der Waals surface area contributed by atoms with Gasteiger partial charge in [-0.05, 0) is 57.4 Å². The molecule has 4 rings (SSSR count). The van der Waals surface area contributed by atoms with Crippen molar-refractivity contribution in [3.63, 3.8) is 0 Å². The molecule has 1 fully saturated rings. The molecule has 164 valence electrons. The highest BCUT2D eigenvalue weighted by molar-refractivity contribution is 6.46. The molecule has 8 heteroatoms. The Bertz CT molecular complexity index is 1010. The van der Waals surface area contributed by atoms with E-state index in [1.54, 1.807) is 30.3 Å². The summed E-state index contributed by atoms with van der Waals surface area (Å²) in [6.07, 6.45) is 2.19. The van der Waals surface area contributed by atoms with E-state index in [1.807, 2.05) is 30.9 Å². The molecule has 1 saturated heterocycles. The van der Waals surface area contributed by atoms with Gasteiger partial charge in [-0.2, -0.15) is 0 Å². The van der Waals surface area contributed by atoms with Gasteiger partial charge in [0.2, 0.25) is 0 Å². The van der Waals surface area contributed by atoms with Gasteiger partial charge in [-0.15, -0.1) is 0 Å². The van der Waals surface area contributed by atoms with E-state index in [9.17, 15) is 14.7 Å². The Morgan fingerprint density at radius 2 is 2.06 bits per heavy atom. The number of aliphatic hydroxyl groups is 1. The molecular formula is C23H27N3O5. The smallest absolute Gasteiger partial charge is 0.295 e. The summed E-state index contributed by atoms with van der Waals surface area (Å²) >= 11 is 0. The summed E-state index contributed by atoms with van der Waals surface area (Å²) in [5.74, 6) is -0.371. The Hall–Kier alpha value is -3.26. The van der Waals surface area contributed by atoms with Crippen molar-refractivity contribution in [2.75, 3.05) is 52.3 Å². The number of likely N-dealkylation sites (tertiary alicyclic amines) is 1. The number of likely N-dealkylation sites (N-methyl/N-ethyl adjacent to an activating group) is 1. The number of carbonyl (C=O) groups is 2. The first-order chi connectivity index (χ1) is 14.9. The van der Waals surface area contributed by atoms with Gasteiger partial charge < -0.3 is 29.0 Å². The van der Waals surface area contributed by atoms with Crippen LogP contribution in [0.5, 0.6) is 5.75 Å². The highest BCUT2D eigenvalue weighted by Crippen LogP contribution is 2.41. The second-order valence-corrected chi connectivity index (χ2v) is 8.12. The number of ether oxygens (including phenoxy) is 1. The maximum atomic E-state index is 13.0. The van der Waals surface area contributed by atoms with Gasteiger partial charge in [-0.1, -0.05) is 0 Å². The third-order valence-corrected chi connectivity index (χ3v) is 5.68. The van der Waals surface area contributed by atoms with E-state index in [0.29, 0.717) is 30.9 Å². The number of rotatable bonds is 6. The van der Waals surface area contributed by atoms with Crippen molar-refractivity contribution < 1.29 is 23.8 Å². The number of hydrogen-bond acceptors (Lipinski definition) is 7. The number of hydrogen-bond donors (Lipinski definition) is 1. The summed E-state index contributed by atoms with van der Waals surface area (Å²) in [7, 11) is 5.85. The van der Waals surface area contributed by atoms with Gasteiger partial charge in [-0.25, -0.2) is 0 Å². The maximum absolute atomic E-state index is 13.0. The fraction of sp³-hybridized carbons (Fsp3) is 0.391. The predicted octanol–water partition coefficient (Wildman–Crippen LogP) is 2.48. The van der Waals surface area contributed by atoms with E-state index >= 15 is 0 Å². The lowest BCUT2D eigenvalue weighted by Gasteiger charge is -2.28. The lowest BCUT2D eigenvalue weighted by molar-refractivity contribution is -0.140.